The first-order valence-electron chi connectivity index (χ1n) is 10.8. The summed E-state index contributed by atoms with van der Waals surface area (Å²) in [5.41, 5.74) is 0.540. The molecular formula is C23H23N5O8S. The van der Waals surface area contributed by atoms with Crippen molar-refractivity contribution in [2.45, 2.75) is 13.0 Å². The summed E-state index contributed by atoms with van der Waals surface area (Å²) in [6, 6.07) is 8.50. The number of rotatable bonds is 9. The van der Waals surface area contributed by atoms with Crippen molar-refractivity contribution in [3.8, 4) is 0 Å². The number of ether oxygens (including phenoxy) is 2. The van der Waals surface area contributed by atoms with E-state index in [0.717, 1.165) is 18.2 Å². The van der Waals surface area contributed by atoms with Gasteiger partial charge in [0.1, 0.15) is 6.61 Å². The number of thiocarbonyl (C=S) groups is 1. The molecule has 14 heteroatoms. The van der Waals surface area contributed by atoms with Crippen molar-refractivity contribution in [1.82, 2.24) is 10.2 Å². The normalized spacial score (nSPS) is 15.2. The van der Waals surface area contributed by atoms with Crippen molar-refractivity contribution in [3.05, 3.63) is 85.1 Å². The van der Waals surface area contributed by atoms with Crippen LogP contribution in [0.25, 0.3) is 0 Å². The number of benzene rings is 2. The Morgan fingerprint density at radius 3 is 2.22 bits per heavy atom. The van der Waals surface area contributed by atoms with Gasteiger partial charge in [0.15, 0.2) is 5.11 Å². The maximum absolute atomic E-state index is 12.8. The predicted octanol–water partition coefficient (Wildman–Crippen LogP) is 3.08. The molecule has 0 bridgehead atoms. The van der Waals surface area contributed by atoms with Crippen LogP contribution in [0.4, 0.5) is 17.1 Å². The smallest absolute Gasteiger partial charge is 0.338 e. The zero-order valence-electron chi connectivity index (χ0n) is 20.0. The number of nitrogens with zero attached hydrogens (tertiary/aromatic N) is 3. The van der Waals surface area contributed by atoms with Crippen molar-refractivity contribution in [2.75, 3.05) is 32.7 Å². The molecule has 1 heterocycles. The zero-order chi connectivity index (χ0) is 27.3. The Hall–Kier alpha value is -4.43. The number of hydrogen-bond donors (Lipinski definition) is 2. The number of anilines is 1. The van der Waals surface area contributed by atoms with E-state index in [1.807, 2.05) is 0 Å². The highest BCUT2D eigenvalue weighted by Gasteiger charge is 2.33. The van der Waals surface area contributed by atoms with Gasteiger partial charge in [0.05, 0.1) is 39.7 Å². The number of allylic oxidation sites excluding steroid dienone is 1. The van der Waals surface area contributed by atoms with Crippen LogP contribution in [0.1, 0.15) is 28.9 Å². The fourth-order valence-electron chi connectivity index (χ4n) is 3.54. The fraction of sp³-hybridized carbons (Fsp3) is 0.261. The Balaban J connectivity index is 1.85. The lowest BCUT2D eigenvalue weighted by atomic mass is 9.95. The van der Waals surface area contributed by atoms with Crippen molar-refractivity contribution in [1.29, 1.82) is 0 Å². The van der Waals surface area contributed by atoms with Gasteiger partial charge in [0.25, 0.3) is 17.3 Å². The molecule has 3 rings (SSSR count). The van der Waals surface area contributed by atoms with E-state index in [1.165, 1.54) is 7.11 Å². The maximum atomic E-state index is 12.8. The van der Waals surface area contributed by atoms with E-state index in [4.69, 9.17) is 21.7 Å². The molecule has 2 aromatic carbocycles. The average Bonchev–Trinajstić information content (AvgIpc) is 2.87. The molecule has 0 unspecified atom stereocenters. The monoisotopic (exact) mass is 529 g/mol. The van der Waals surface area contributed by atoms with Gasteiger partial charge < -0.3 is 25.0 Å². The molecule has 1 aliphatic rings. The molecule has 0 saturated carbocycles. The highest BCUT2D eigenvalue weighted by Crippen LogP contribution is 2.31. The van der Waals surface area contributed by atoms with Crippen LogP contribution < -0.4 is 10.6 Å². The van der Waals surface area contributed by atoms with Crippen LogP contribution >= 0.6 is 12.2 Å². The Labute approximate surface area is 216 Å². The number of non-ortho nitro benzene ring substituents is 2. The number of carbonyl (C=O) groups excluding carboxylic acids is 2. The third-order valence-corrected chi connectivity index (χ3v) is 5.97. The summed E-state index contributed by atoms with van der Waals surface area (Å²) in [7, 11) is 3.22. The van der Waals surface area contributed by atoms with Gasteiger partial charge in [-0.25, -0.2) is 4.79 Å². The molecule has 13 nitrogen and oxygen atoms in total. The molecule has 2 aromatic rings. The van der Waals surface area contributed by atoms with E-state index in [1.54, 1.807) is 43.1 Å². The van der Waals surface area contributed by atoms with Crippen molar-refractivity contribution < 1.29 is 28.9 Å². The second-order valence-corrected chi connectivity index (χ2v) is 8.28. The largest absolute Gasteiger partial charge is 0.460 e. The molecule has 0 aromatic heterocycles. The lowest BCUT2D eigenvalue weighted by molar-refractivity contribution is -0.394. The van der Waals surface area contributed by atoms with E-state index < -0.39 is 39.1 Å². The van der Waals surface area contributed by atoms with Gasteiger partial charge in [0, 0.05) is 37.7 Å². The SMILES string of the molecule is COCCOC(=O)C1=C(C)N(C)C(=S)N[C@@H]1c1ccc(NC(=O)c2cc([N+](=O)[O-])cc([N+](=O)[O-])c2)cc1. The summed E-state index contributed by atoms with van der Waals surface area (Å²) in [5, 5.41) is 28.3. The van der Waals surface area contributed by atoms with E-state index in [0.29, 0.717) is 27.6 Å². The minimum atomic E-state index is -0.814. The fourth-order valence-corrected chi connectivity index (χ4v) is 3.80. The van der Waals surface area contributed by atoms with E-state index in [9.17, 15) is 29.8 Å². The molecule has 0 spiro atoms. The van der Waals surface area contributed by atoms with Crippen LogP contribution in [0.15, 0.2) is 53.7 Å². The lowest BCUT2D eigenvalue weighted by Crippen LogP contribution is -2.46. The molecular weight excluding hydrogens is 506 g/mol. The molecule has 0 radical (unpaired) electrons. The standard InChI is InChI=1S/C23H23N5O8S/c1-13-19(22(30)36-9-8-35-3)20(25-23(37)26(13)2)14-4-6-16(7-5-14)24-21(29)15-10-17(27(31)32)12-18(11-15)28(33)34/h4-7,10-12,20H,8-9H2,1-3H3,(H,24,29)(H,25,37)/t20-/m1/s1. The number of esters is 1. The summed E-state index contributed by atoms with van der Waals surface area (Å²) in [6.45, 7) is 2.07. The minimum Gasteiger partial charge on any atom is -0.460 e. The van der Waals surface area contributed by atoms with E-state index >= 15 is 0 Å². The Morgan fingerprint density at radius 2 is 1.68 bits per heavy atom. The molecule has 0 aliphatic carbocycles. The Bertz CT molecular complexity index is 1260. The van der Waals surface area contributed by atoms with Crippen LogP contribution in [0, 0.1) is 20.2 Å². The van der Waals surface area contributed by atoms with Crippen LogP contribution in [0.3, 0.4) is 0 Å². The van der Waals surface area contributed by atoms with E-state index in [-0.39, 0.29) is 18.8 Å². The summed E-state index contributed by atoms with van der Waals surface area (Å²) in [6.07, 6.45) is 0. The first kappa shape index (κ1) is 27.2. The van der Waals surface area contributed by atoms with Crippen LogP contribution in [0.2, 0.25) is 0 Å². The number of nitro benzene ring substituents is 2. The number of hydrogen-bond acceptors (Lipinski definition) is 9. The molecule has 1 amide bonds. The number of methoxy groups -OCH3 is 1. The molecule has 0 saturated heterocycles. The van der Waals surface area contributed by atoms with Gasteiger partial charge in [-0.15, -0.1) is 0 Å². The van der Waals surface area contributed by atoms with Crippen molar-refractivity contribution in [3.63, 3.8) is 0 Å². The molecule has 37 heavy (non-hydrogen) atoms. The number of amides is 1. The highest BCUT2D eigenvalue weighted by atomic mass is 32.1. The first-order chi connectivity index (χ1) is 17.5. The topological polar surface area (TPSA) is 166 Å². The number of nitrogens with one attached hydrogen (secondary N) is 2. The van der Waals surface area contributed by atoms with Crippen molar-refractivity contribution in [2.24, 2.45) is 0 Å². The summed E-state index contributed by atoms with van der Waals surface area (Å²) in [5.74, 6) is -1.30. The molecule has 194 valence electrons. The molecule has 0 fully saturated rings. The van der Waals surface area contributed by atoms with Gasteiger partial charge in [-0.1, -0.05) is 12.1 Å². The lowest BCUT2D eigenvalue weighted by Gasteiger charge is -2.35. The molecule has 2 N–H and O–H groups in total. The Kier molecular flexibility index (Phi) is 8.47. The quantitative estimate of drug-likeness (QED) is 0.161. The second-order valence-electron chi connectivity index (χ2n) is 7.90. The number of nitro groups is 2. The first-order valence-corrected chi connectivity index (χ1v) is 11.2. The van der Waals surface area contributed by atoms with Gasteiger partial charge in [0.2, 0.25) is 0 Å². The summed E-state index contributed by atoms with van der Waals surface area (Å²) >= 11 is 5.38. The third kappa shape index (κ3) is 6.23. The third-order valence-electron chi connectivity index (χ3n) is 5.58. The van der Waals surface area contributed by atoms with E-state index in [2.05, 4.69) is 10.6 Å². The summed E-state index contributed by atoms with van der Waals surface area (Å²) in [4.78, 5) is 47.7. The van der Waals surface area contributed by atoms with Crippen LogP contribution in [-0.4, -0.2) is 59.1 Å². The molecule has 1 atom stereocenters. The van der Waals surface area contributed by atoms with Gasteiger partial charge in [-0.2, -0.15) is 0 Å². The maximum Gasteiger partial charge on any atom is 0.338 e. The average molecular weight is 530 g/mol. The van der Waals surface area contributed by atoms with Crippen molar-refractivity contribution >= 4 is 46.3 Å². The van der Waals surface area contributed by atoms with Crippen LogP contribution in [-0.2, 0) is 14.3 Å². The predicted molar refractivity (Wildman–Crippen MR) is 136 cm³/mol. The second kappa shape index (κ2) is 11.5. The molecule has 1 aliphatic heterocycles. The zero-order valence-corrected chi connectivity index (χ0v) is 20.9. The minimum absolute atomic E-state index is 0.0772. The highest BCUT2D eigenvalue weighted by molar-refractivity contribution is 7.80. The van der Waals surface area contributed by atoms with Gasteiger partial charge >= 0.3 is 5.97 Å². The van der Waals surface area contributed by atoms with Gasteiger partial charge in [-0.05, 0) is 36.8 Å². The van der Waals surface area contributed by atoms with Crippen LogP contribution in [0.5, 0.6) is 0 Å². The Morgan fingerprint density at radius 1 is 1.08 bits per heavy atom. The van der Waals surface area contributed by atoms with Gasteiger partial charge in [-0.3, -0.25) is 25.0 Å². The number of carbonyl (C=O) groups is 2. The summed E-state index contributed by atoms with van der Waals surface area (Å²) < 4.78 is 10.2.